The first-order valence-corrected chi connectivity index (χ1v) is 17.8. The molecule has 0 bridgehead atoms. The van der Waals surface area contributed by atoms with Crippen molar-refractivity contribution in [3.05, 3.63) is 122 Å². The van der Waals surface area contributed by atoms with Crippen molar-refractivity contribution in [1.82, 2.24) is 0 Å². The van der Waals surface area contributed by atoms with E-state index >= 15 is 0 Å². The molecule has 0 unspecified atom stereocenters. The molecular weight excluding hydrogens is 626 g/mol. The zero-order valence-electron chi connectivity index (χ0n) is 30.2. The van der Waals surface area contributed by atoms with Gasteiger partial charge in [0.05, 0.1) is 0 Å². The van der Waals surface area contributed by atoms with Crippen LogP contribution in [-0.2, 0) is 10.8 Å². The van der Waals surface area contributed by atoms with Gasteiger partial charge in [-0.05, 0) is 149 Å². The van der Waals surface area contributed by atoms with Gasteiger partial charge in [-0.25, -0.2) is 0 Å². The first kappa shape index (κ1) is 32.9. The van der Waals surface area contributed by atoms with E-state index < -0.39 is 0 Å². The molecule has 5 heteroatoms. The Morgan fingerprint density at radius 1 is 0.479 bits per heavy atom. The van der Waals surface area contributed by atoms with Crippen LogP contribution in [0.3, 0.4) is 0 Å². The summed E-state index contributed by atoms with van der Waals surface area (Å²) in [6, 6.07) is 28.1. The standard InChI is InChI=1S/C43H45BCl2N2/c1-24-16-37-39-38(17-24)48(32-20-27(4)41(46)28(5)21-32)36-23-30(43(9,10)11)13-15-34(36)44(39)33-14-12-29(42(6,7)8)22-35(33)47(37)31-18-25(2)40(45)26(3)19-31/h12-23H,1-11H3. The van der Waals surface area contributed by atoms with Gasteiger partial charge >= 0.3 is 0 Å². The lowest BCUT2D eigenvalue weighted by molar-refractivity contribution is 0.590. The van der Waals surface area contributed by atoms with Crippen molar-refractivity contribution < 1.29 is 0 Å². The maximum absolute atomic E-state index is 6.77. The lowest BCUT2D eigenvalue weighted by Crippen LogP contribution is -2.61. The van der Waals surface area contributed by atoms with Gasteiger partial charge in [0.15, 0.2) is 0 Å². The first-order chi connectivity index (χ1) is 22.5. The fraction of sp³-hybridized carbons (Fsp3) is 0.302. The van der Waals surface area contributed by atoms with Crippen molar-refractivity contribution in [3.8, 4) is 0 Å². The third kappa shape index (κ3) is 5.17. The molecule has 0 aliphatic carbocycles. The molecule has 0 aromatic heterocycles. The zero-order valence-corrected chi connectivity index (χ0v) is 31.7. The van der Waals surface area contributed by atoms with Crippen molar-refractivity contribution in [1.29, 1.82) is 0 Å². The smallest absolute Gasteiger partial charge is 0.252 e. The predicted octanol–water partition coefficient (Wildman–Crippen LogP) is 11.2. The Bertz CT molecular complexity index is 1960. The average Bonchev–Trinajstić information content (AvgIpc) is 3.00. The second-order valence-electron chi connectivity index (χ2n) is 16.2. The van der Waals surface area contributed by atoms with Crippen molar-refractivity contribution in [2.24, 2.45) is 0 Å². The Hall–Kier alpha value is -3.66. The highest BCUT2D eigenvalue weighted by Crippen LogP contribution is 2.47. The van der Waals surface area contributed by atoms with E-state index in [1.165, 1.54) is 55.8 Å². The van der Waals surface area contributed by atoms with Gasteiger partial charge in [-0.15, -0.1) is 0 Å². The van der Waals surface area contributed by atoms with E-state index in [9.17, 15) is 0 Å². The van der Waals surface area contributed by atoms with Crippen LogP contribution in [0.15, 0.2) is 72.8 Å². The minimum atomic E-state index is -0.00223. The molecule has 0 atom stereocenters. The van der Waals surface area contributed by atoms with E-state index in [1.54, 1.807) is 0 Å². The number of hydrogen-bond donors (Lipinski definition) is 0. The number of fused-ring (bicyclic) bond motifs is 4. The van der Waals surface area contributed by atoms with E-state index in [1.807, 2.05) is 0 Å². The van der Waals surface area contributed by atoms with E-state index in [0.29, 0.717) is 0 Å². The highest BCUT2D eigenvalue weighted by molar-refractivity contribution is 7.00. The van der Waals surface area contributed by atoms with Gasteiger partial charge in [0.1, 0.15) is 0 Å². The molecule has 2 heterocycles. The van der Waals surface area contributed by atoms with Gasteiger partial charge in [0.2, 0.25) is 0 Å². The average molecular weight is 672 g/mol. The van der Waals surface area contributed by atoms with Crippen molar-refractivity contribution in [2.75, 3.05) is 9.80 Å². The molecular formula is C43H45BCl2N2. The molecule has 2 nitrogen and oxygen atoms in total. The molecule has 0 radical (unpaired) electrons. The number of aryl methyl sites for hydroxylation is 5. The third-order valence-electron chi connectivity index (χ3n) is 10.3. The normalized spacial score (nSPS) is 13.8. The van der Waals surface area contributed by atoms with Gasteiger partial charge in [0.25, 0.3) is 6.71 Å². The van der Waals surface area contributed by atoms with E-state index in [0.717, 1.165) is 43.7 Å². The van der Waals surface area contributed by atoms with Crippen LogP contribution < -0.4 is 26.2 Å². The number of hydrogen-bond acceptors (Lipinski definition) is 2. The molecule has 244 valence electrons. The van der Waals surface area contributed by atoms with E-state index in [2.05, 4.69) is 159 Å². The summed E-state index contributed by atoms with van der Waals surface area (Å²) in [5, 5.41) is 1.65. The largest absolute Gasteiger partial charge is 0.311 e. The summed E-state index contributed by atoms with van der Waals surface area (Å²) in [5.41, 5.74) is 19.3. The molecule has 0 fully saturated rings. The van der Waals surface area contributed by atoms with Crippen LogP contribution in [0, 0.1) is 34.6 Å². The zero-order chi connectivity index (χ0) is 34.6. The summed E-state index contributed by atoms with van der Waals surface area (Å²) in [6.45, 7) is 24.5. The summed E-state index contributed by atoms with van der Waals surface area (Å²) in [7, 11) is 0. The minimum absolute atomic E-state index is 0.00223. The van der Waals surface area contributed by atoms with Crippen LogP contribution in [0.2, 0.25) is 10.0 Å². The van der Waals surface area contributed by atoms with Gasteiger partial charge in [0, 0.05) is 44.2 Å². The highest BCUT2D eigenvalue weighted by Gasteiger charge is 2.44. The molecule has 0 amide bonds. The predicted molar refractivity (Wildman–Crippen MR) is 212 cm³/mol. The lowest BCUT2D eigenvalue weighted by atomic mass is 9.33. The highest BCUT2D eigenvalue weighted by atomic mass is 35.5. The van der Waals surface area contributed by atoms with Crippen LogP contribution in [0.25, 0.3) is 0 Å². The Balaban J connectivity index is 1.62. The number of halogens is 2. The van der Waals surface area contributed by atoms with Crippen LogP contribution >= 0.6 is 23.2 Å². The van der Waals surface area contributed by atoms with Crippen molar-refractivity contribution in [3.63, 3.8) is 0 Å². The van der Waals surface area contributed by atoms with Crippen LogP contribution in [-0.4, -0.2) is 6.71 Å². The fourth-order valence-corrected chi connectivity index (χ4v) is 7.94. The Kier molecular flexibility index (Phi) is 7.66. The molecule has 0 N–H and O–H groups in total. The summed E-state index contributed by atoms with van der Waals surface area (Å²) >= 11 is 13.5. The molecule has 0 saturated heterocycles. The van der Waals surface area contributed by atoms with Gasteiger partial charge < -0.3 is 9.80 Å². The summed E-state index contributed by atoms with van der Waals surface area (Å²) < 4.78 is 0. The Morgan fingerprint density at radius 2 is 0.833 bits per heavy atom. The lowest BCUT2D eigenvalue weighted by Gasteiger charge is -2.45. The summed E-state index contributed by atoms with van der Waals surface area (Å²) in [6.07, 6.45) is 0. The Morgan fingerprint density at radius 3 is 1.17 bits per heavy atom. The molecule has 5 aromatic carbocycles. The van der Waals surface area contributed by atoms with Crippen LogP contribution in [0.1, 0.15) is 80.5 Å². The Labute approximate surface area is 297 Å². The van der Waals surface area contributed by atoms with E-state index in [4.69, 9.17) is 23.2 Å². The molecule has 48 heavy (non-hydrogen) atoms. The first-order valence-electron chi connectivity index (χ1n) is 17.0. The van der Waals surface area contributed by atoms with Gasteiger partial charge in [-0.3, -0.25) is 0 Å². The topological polar surface area (TPSA) is 6.48 Å². The quantitative estimate of drug-likeness (QED) is 0.169. The minimum Gasteiger partial charge on any atom is -0.311 e. The number of nitrogens with zero attached hydrogens (tertiary/aromatic N) is 2. The van der Waals surface area contributed by atoms with Crippen LogP contribution in [0.4, 0.5) is 34.1 Å². The molecule has 0 saturated carbocycles. The second-order valence-corrected chi connectivity index (χ2v) is 16.9. The molecule has 7 rings (SSSR count). The monoisotopic (exact) mass is 670 g/mol. The summed E-state index contributed by atoms with van der Waals surface area (Å²) in [5.74, 6) is 0. The number of rotatable bonds is 2. The molecule has 2 aliphatic heterocycles. The third-order valence-corrected chi connectivity index (χ3v) is 11.5. The molecule has 5 aromatic rings. The van der Waals surface area contributed by atoms with E-state index in [-0.39, 0.29) is 17.5 Å². The maximum atomic E-state index is 6.77. The molecule has 0 spiro atoms. The van der Waals surface area contributed by atoms with Crippen molar-refractivity contribution in [2.45, 2.75) is 87.0 Å². The molecule has 2 aliphatic rings. The fourth-order valence-electron chi connectivity index (χ4n) is 7.72. The number of anilines is 6. The van der Waals surface area contributed by atoms with Gasteiger partial charge in [-0.1, -0.05) is 89.0 Å². The van der Waals surface area contributed by atoms with Gasteiger partial charge in [-0.2, -0.15) is 0 Å². The second kappa shape index (κ2) is 11.2. The SMILES string of the molecule is Cc1cc2c3c(c1)N(c1cc(C)c(Cl)c(C)c1)c1cc(C(C)(C)C)ccc1B3c1ccc(C(C)(C)C)cc1N2c1cc(C)c(Cl)c(C)c1. The summed E-state index contributed by atoms with van der Waals surface area (Å²) in [4.78, 5) is 4.99. The van der Waals surface area contributed by atoms with Crippen molar-refractivity contribution >= 4 is 80.4 Å². The van der Waals surface area contributed by atoms with Crippen LogP contribution in [0.5, 0.6) is 0 Å². The maximum Gasteiger partial charge on any atom is 0.252 e. The number of benzene rings is 5.